The Morgan fingerprint density at radius 3 is 2.53 bits per heavy atom. The normalized spacial score (nSPS) is 16.4. The maximum Gasteiger partial charge on any atom is 0.260 e. The highest BCUT2D eigenvalue weighted by molar-refractivity contribution is 5.77. The van der Waals surface area contributed by atoms with Gasteiger partial charge in [-0.25, -0.2) is 0 Å². The second-order valence-corrected chi connectivity index (χ2v) is 5.09. The SMILES string of the molecule is CCC1CCN(C(=O)COc2ccc(N)cc2)CC1. The van der Waals surface area contributed by atoms with Crippen LogP contribution in [0.3, 0.4) is 0 Å². The number of nitrogen functional groups attached to an aromatic ring is 1. The molecule has 0 atom stereocenters. The summed E-state index contributed by atoms with van der Waals surface area (Å²) in [5, 5.41) is 0. The molecule has 1 aromatic carbocycles. The van der Waals surface area contributed by atoms with Crippen LogP contribution in [-0.2, 0) is 4.79 Å². The quantitative estimate of drug-likeness (QED) is 0.847. The minimum atomic E-state index is 0.0754. The molecule has 1 aliphatic heterocycles. The van der Waals surface area contributed by atoms with E-state index < -0.39 is 0 Å². The van der Waals surface area contributed by atoms with Gasteiger partial charge in [0.1, 0.15) is 5.75 Å². The highest BCUT2D eigenvalue weighted by atomic mass is 16.5. The number of nitrogens with two attached hydrogens (primary N) is 1. The summed E-state index contributed by atoms with van der Waals surface area (Å²) in [6, 6.07) is 7.11. The van der Waals surface area contributed by atoms with Gasteiger partial charge in [-0.15, -0.1) is 0 Å². The molecule has 1 saturated heterocycles. The van der Waals surface area contributed by atoms with Crippen molar-refractivity contribution in [3.8, 4) is 5.75 Å². The minimum absolute atomic E-state index is 0.0754. The Morgan fingerprint density at radius 2 is 1.95 bits per heavy atom. The molecule has 4 nitrogen and oxygen atoms in total. The molecule has 0 aliphatic carbocycles. The Hall–Kier alpha value is -1.71. The Morgan fingerprint density at radius 1 is 1.32 bits per heavy atom. The number of rotatable bonds is 4. The Labute approximate surface area is 114 Å². The van der Waals surface area contributed by atoms with Gasteiger partial charge in [-0.2, -0.15) is 0 Å². The van der Waals surface area contributed by atoms with Crippen molar-refractivity contribution in [2.24, 2.45) is 5.92 Å². The van der Waals surface area contributed by atoms with Crippen molar-refractivity contribution >= 4 is 11.6 Å². The molecule has 4 heteroatoms. The molecule has 0 unspecified atom stereocenters. The molecule has 0 saturated carbocycles. The molecule has 1 aromatic rings. The number of anilines is 1. The van der Waals surface area contributed by atoms with Crippen LogP contribution in [0.25, 0.3) is 0 Å². The summed E-state index contributed by atoms with van der Waals surface area (Å²) in [5.74, 6) is 1.54. The first kappa shape index (κ1) is 13.7. The van der Waals surface area contributed by atoms with E-state index in [1.165, 1.54) is 6.42 Å². The number of hydrogen-bond donors (Lipinski definition) is 1. The zero-order valence-electron chi connectivity index (χ0n) is 11.5. The Bertz CT molecular complexity index is 409. The van der Waals surface area contributed by atoms with Gasteiger partial charge in [0.05, 0.1) is 0 Å². The first-order valence-electron chi connectivity index (χ1n) is 6.95. The molecule has 1 fully saturated rings. The van der Waals surface area contributed by atoms with Gasteiger partial charge in [-0.05, 0) is 43.0 Å². The highest BCUT2D eigenvalue weighted by Crippen LogP contribution is 2.20. The van der Waals surface area contributed by atoms with Crippen molar-refractivity contribution in [2.45, 2.75) is 26.2 Å². The van der Waals surface area contributed by atoms with Crippen molar-refractivity contribution < 1.29 is 9.53 Å². The van der Waals surface area contributed by atoms with Crippen LogP contribution < -0.4 is 10.5 Å². The lowest BCUT2D eigenvalue weighted by atomic mass is 9.94. The van der Waals surface area contributed by atoms with E-state index in [-0.39, 0.29) is 12.5 Å². The van der Waals surface area contributed by atoms with E-state index in [2.05, 4.69) is 6.92 Å². The van der Waals surface area contributed by atoms with Gasteiger partial charge in [0, 0.05) is 18.8 Å². The van der Waals surface area contributed by atoms with Crippen LogP contribution in [0.4, 0.5) is 5.69 Å². The third-order valence-corrected chi connectivity index (χ3v) is 3.79. The summed E-state index contributed by atoms with van der Waals surface area (Å²) in [7, 11) is 0. The van der Waals surface area contributed by atoms with E-state index in [0.29, 0.717) is 11.4 Å². The molecule has 104 valence electrons. The van der Waals surface area contributed by atoms with E-state index in [1.807, 2.05) is 4.90 Å². The lowest BCUT2D eigenvalue weighted by molar-refractivity contribution is -0.134. The molecular weight excluding hydrogens is 240 g/mol. The molecule has 1 heterocycles. The standard InChI is InChI=1S/C15H22N2O2/c1-2-12-7-9-17(10-8-12)15(18)11-19-14-5-3-13(16)4-6-14/h3-6,12H,2,7-11,16H2,1H3. The predicted octanol–water partition coefficient (Wildman–Crippen LogP) is 2.30. The average molecular weight is 262 g/mol. The number of ether oxygens (including phenoxy) is 1. The van der Waals surface area contributed by atoms with E-state index in [0.717, 1.165) is 31.8 Å². The summed E-state index contributed by atoms with van der Waals surface area (Å²) in [6.07, 6.45) is 3.44. The van der Waals surface area contributed by atoms with Gasteiger partial charge in [0.25, 0.3) is 5.91 Å². The van der Waals surface area contributed by atoms with Crippen molar-refractivity contribution in [3.05, 3.63) is 24.3 Å². The van der Waals surface area contributed by atoms with Gasteiger partial charge < -0.3 is 15.4 Å². The number of carbonyl (C=O) groups is 1. The first-order valence-corrected chi connectivity index (χ1v) is 6.95. The van der Waals surface area contributed by atoms with Gasteiger partial charge in [0.2, 0.25) is 0 Å². The number of likely N-dealkylation sites (tertiary alicyclic amines) is 1. The molecule has 2 rings (SSSR count). The molecular formula is C15H22N2O2. The van der Waals surface area contributed by atoms with Crippen LogP contribution in [-0.4, -0.2) is 30.5 Å². The molecule has 0 aromatic heterocycles. The predicted molar refractivity (Wildman–Crippen MR) is 75.9 cm³/mol. The maximum atomic E-state index is 12.0. The monoisotopic (exact) mass is 262 g/mol. The van der Waals surface area contributed by atoms with E-state index >= 15 is 0 Å². The number of carbonyl (C=O) groups excluding carboxylic acids is 1. The van der Waals surface area contributed by atoms with Crippen LogP contribution >= 0.6 is 0 Å². The topological polar surface area (TPSA) is 55.6 Å². The summed E-state index contributed by atoms with van der Waals surface area (Å²) in [5.41, 5.74) is 6.29. The minimum Gasteiger partial charge on any atom is -0.484 e. The number of piperidine rings is 1. The van der Waals surface area contributed by atoms with Gasteiger partial charge in [-0.3, -0.25) is 4.79 Å². The molecule has 1 amide bonds. The molecule has 0 spiro atoms. The largest absolute Gasteiger partial charge is 0.484 e. The van der Waals surface area contributed by atoms with Gasteiger partial charge in [-0.1, -0.05) is 13.3 Å². The van der Waals surface area contributed by atoms with E-state index in [4.69, 9.17) is 10.5 Å². The number of nitrogens with zero attached hydrogens (tertiary/aromatic N) is 1. The molecule has 19 heavy (non-hydrogen) atoms. The van der Waals surface area contributed by atoms with Crippen LogP contribution in [0.2, 0.25) is 0 Å². The van der Waals surface area contributed by atoms with Gasteiger partial charge >= 0.3 is 0 Å². The number of amides is 1. The molecule has 0 radical (unpaired) electrons. The smallest absolute Gasteiger partial charge is 0.260 e. The first-order chi connectivity index (χ1) is 9.19. The molecule has 1 aliphatic rings. The number of benzene rings is 1. The molecule has 2 N–H and O–H groups in total. The zero-order valence-corrected chi connectivity index (χ0v) is 11.5. The fraction of sp³-hybridized carbons (Fsp3) is 0.533. The Balaban J connectivity index is 1.77. The van der Waals surface area contributed by atoms with Crippen molar-refractivity contribution in [1.82, 2.24) is 4.90 Å². The summed E-state index contributed by atoms with van der Waals surface area (Å²) < 4.78 is 5.48. The molecule has 0 bridgehead atoms. The summed E-state index contributed by atoms with van der Waals surface area (Å²) in [6.45, 7) is 4.05. The lowest BCUT2D eigenvalue weighted by Gasteiger charge is -2.31. The van der Waals surface area contributed by atoms with Crippen molar-refractivity contribution in [3.63, 3.8) is 0 Å². The highest BCUT2D eigenvalue weighted by Gasteiger charge is 2.21. The lowest BCUT2D eigenvalue weighted by Crippen LogP contribution is -2.40. The Kier molecular flexibility index (Phi) is 4.66. The van der Waals surface area contributed by atoms with E-state index in [1.54, 1.807) is 24.3 Å². The van der Waals surface area contributed by atoms with E-state index in [9.17, 15) is 4.79 Å². The second kappa shape index (κ2) is 6.45. The van der Waals surface area contributed by atoms with Crippen LogP contribution in [0.1, 0.15) is 26.2 Å². The average Bonchev–Trinajstić information content (AvgIpc) is 2.46. The summed E-state index contributed by atoms with van der Waals surface area (Å²) >= 11 is 0. The van der Waals surface area contributed by atoms with Crippen molar-refractivity contribution in [1.29, 1.82) is 0 Å². The van der Waals surface area contributed by atoms with Crippen molar-refractivity contribution in [2.75, 3.05) is 25.4 Å². The fourth-order valence-electron chi connectivity index (χ4n) is 2.39. The van der Waals surface area contributed by atoms with Gasteiger partial charge in [0.15, 0.2) is 6.61 Å². The maximum absolute atomic E-state index is 12.0. The van der Waals surface area contributed by atoms with Crippen LogP contribution in [0.15, 0.2) is 24.3 Å². The number of hydrogen-bond acceptors (Lipinski definition) is 3. The zero-order chi connectivity index (χ0) is 13.7. The van der Waals surface area contributed by atoms with Crippen LogP contribution in [0.5, 0.6) is 5.75 Å². The second-order valence-electron chi connectivity index (χ2n) is 5.09. The third kappa shape index (κ3) is 3.88. The van der Waals surface area contributed by atoms with Crippen LogP contribution in [0, 0.1) is 5.92 Å². The fourth-order valence-corrected chi connectivity index (χ4v) is 2.39. The summed E-state index contributed by atoms with van der Waals surface area (Å²) in [4.78, 5) is 13.9. The third-order valence-electron chi connectivity index (χ3n) is 3.79.